The fourth-order valence-corrected chi connectivity index (χ4v) is 5.04. The number of hydrogen-bond acceptors (Lipinski definition) is 4. The van der Waals surface area contributed by atoms with Crippen molar-refractivity contribution < 1.29 is 15.0 Å². The smallest absolute Gasteiger partial charge is 0.304 e. The van der Waals surface area contributed by atoms with Gasteiger partial charge in [0.2, 0.25) is 0 Å². The van der Waals surface area contributed by atoms with Gasteiger partial charge in [-0.05, 0) is 25.7 Å². The van der Waals surface area contributed by atoms with Gasteiger partial charge in [-0.1, -0.05) is 42.1 Å². The first-order valence-corrected chi connectivity index (χ1v) is 8.76. The van der Waals surface area contributed by atoms with Crippen LogP contribution in [0.25, 0.3) is 0 Å². The fourth-order valence-electron chi connectivity index (χ4n) is 3.64. The minimum Gasteiger partial charge on any atom is -0.481 e. The zero-order chi connectivity index (χ0) is 16.0. The molecule has 1 aliphatic carbocycles. The number of fused-ring (bicyclic) bond motifs is 3. The van der Waals surface area contributed by atoms with Gasteiger partial charge in [0, 0.05) is 11.3 Å². The van der Waals surface area contributed by atoms with Gasteiger partial charge in [-0.3, -0.25) is 9.36 Å². The summed E-state index contributed by atoms with van der Waals surface area (Å²) >= 11 is 1.38. The van der Waals surface area contributed by atoms with Crippen molar-refractivity contribution in [2.75, 3.05) is 0 Å². The second kappa shape index (κ2) is 5.39. The average molecular weight is 330 g/mol. The number of carboxylic acids is 1. The van der Waals surface area contributed by atoms with Crippen molar-refractivity contribution in [2.45, 2.75) is 48.2 Å². The maximum atomic E-state index is 11.6. The van der Waals surface area contributed by atoms with Crippen LogP contribution in [0.15, 0.2) is 35.5 Å². The molecule has 0 radical (unpaired) electrons. The summed E-state index contributed by atoms with van der Waals surface area (Å²) in [5, 5.41) is 21.1. The van der Waals surface area contributed by atoms with Crippen LogP contribution >= 0.6 is 11.8 Å². The van der Waals surface area contributed by atoms with Crippen molar-refractivity contribution >= 4 is 17.7 Å². The lowest BCUT2D eigenvalue weighted by Crippen LogP contribution is -2.42. The molecular weight excluding hydrogens is 312 g/mol. The predicted molar refractivity (Wildman–Crippen MR) is 86.5 cm³/mol. The lowest BCUT2D eigenvalue weighted by atomic mass is 9.94. The van der Waals surface area contributed by atoms with E-state index in [1.54, 1.807) is 0 Å². The summed E-state index contributed by atoms with van der Waals surface area (Å²) in [6.07, 6.45) is 3.92. The van der Waals surface area contributed by atoms with Crippen LogP contribution in [0.3, 0.4) is 0 Å². The second-order valence-electron chi connectivity index (χ2n) is 6.13. The Bertz CT molecular complexity index is 759. The van der Waals surface area contributed by atoms with E-state index < -0.39 is 16.9 Å². The number of aromatic nitrogens is 2. The Labute approximate surface area is 138 Å². The number of nitrogens with zero attached hydrogens (tertiary/aromatic N) is 2. The molecule has 0 saturated heterocycles. The zero-order valence-electron chi connectivity index (χ0n) is 12.6. The standard InChI is InChI=1S/C17H18N2O3S/c20-15(21)10-14-17(22,11-6-2-1-3-7-11)19-13-9-5-4-8-12(13)18-16(19)23-14/h1-3,6-7,14,22H,4-5,8-10H2,(H,20,21)/t14-,17-/m0/s1. The number of benzene rings is 1. The molecule has 2 atom stereocenters. The van der Waals surface area contributed by atoms with Gasteiger partial charge in [-0.15, -0.1) is 0 Å². The van der Waals surface area contributed by atoms with E-state index in [1.165, 1.54) is 11.8 Å². The molecule has 2 aromatic rings. The Hall–Kier alpha value is -1.79. The summed E-state index contributed by atoms with van der Waals surface area (Å²) in [5.74, 6) is -0.906. The summed E-state index contributed by atoms with van der Waals surface area (Å²) < 4.78 is 1.90. The van der Waals surface area contributed by atoms with Gasteiger partial charge in [0.1, 0.15) is 0 Å². The molecule has 1 aliphatic heterocycles. The summed E-state index contributed by atoms with van der Waals surface area (Å²) in [7, 11) is 0. The largest absolute Gasteiger partial charge is 0.481 e. The molecule has 0 saturated carbocycles. The van der Waals surface area contributed by atoms with Gasteiger partial charge in [-0.2, -0.15) is 0 Å². The summed E-state index contributed by atoms with van der Waals surface area (Å²) in [4.78, 5) is 16.0. The molecule has 2 heterocycles. The number of hydrogen-bond donors (Lipinski definition) is 2. The van der Waals surface area contributed by atoms with Gasteiger partial charge in [0.05, 0.1) is 17.4 Å². The first-order valence-electron chi connectivity index (χ1n) is 7.88. The lowest BCUT2D eigenvalue weighted by Gasteiger charge is -2.33. The van der Waals surface area contributed by atoms with Gasteiger partial charge in [0.15, 0.2) is 10.9 Å². The van der Waals surface area contributed by atoms with E-state index in [0.29, 0.717) is 0 Å². The van der Waals surface area contributed by atoms with Crippen molar-refractivity contribution in [1.29, 1.82) is 0 Å². The molecule has 2 aliphatic rings. The van der Waals surface area contributed by atoms with E-state index in [0.717, 1.165) is 47.8 Å². The molecule has 1 aromatic carbocycles. The number of carboxylic acid groups (broad SMARTS) is 1. The Kier molecular flexibility index (Phi) is 3.46. The van der Waals surface area contributed by atoms with E-state index in [1.807, 2.05) is 34.9 Å². The highest BCUT2D eigenvalue weighted by atomic mass is 32.2. The molecule has 0 amide bonds. The highest BCUT2D eigenvalue weighted by Gasteiger charge is 2.51. The summed E-state index contributed by atoms with van der Waals surface area (Å²) in [6, 6.07) is 9.36. The molecule has 0 fully saturated rings. The van der Waals surface area contributed by atoms with Crippen LogP contribution < -0.4 is 0 Å². The minimum absolute atomic E-state index is 0.103. The number of aliphatic hydroxyl groups is 1. The van der Waals surface area contributed by atoms with Crippen LogP contribution in [0.1, 0.15) is 36.2 Å². The van der Waals surface area contributed by atoms with E-state index in [2.05, 4.69) is 4.98 Å². The SMILES string of the molecule is O=C(O)C[C@@H]1Sc2nc3c(n2[C@]1(O)c1ccccc1)CCCC3. The molecule has 0 bridgehead atoms. The number of aliphatic carboxylic acids is 1. The molecule has 4 rings (SSSR count). The van der Waals surface area contributed by atoms with Crippen LogP contribution in [0.5, 0.6) is 0 Å². The van der Waals surface area contributed by atoms with Gasteiger partial charge >= 0.3 is 5.97 Å². The van der Waals surface area contributed by atoms with Gasteiger partial charge in [-0.25, -0.2) is 4.98 Å². The number of rotatable bonds is 3. The van der Waals surface area contributed by atoms with E-state index in [4.69, 9.17) is 0 Å². The summed E-state index contributed by atoms with van der Waals surface area (Å²) in [6.45, 7) is 0. The molecule has 0 unspecified atom stereocenters. The van der Waals surface area contributed by atoms with Crippen LogP contribution in [0, 0.1) is 0 Å². The topological polar surface area (TPSA) is 75.3 Å². The number of thioether (sulfide) groups is 1. The van der Waals surface area contributed by atoms with E-state index in [-0.39, 0.29) is 6.42 Å². The Morgan fingerprint density at radius 2 is 2.04 bits per heavy atom. The molecule has 23 heavy (non-hydrogen) atoms. The normalized spacial score (nSPS) is 25.9. The maximum absolute atomic E-state index is 11.6. The molecule has 120 valence electrons. The number of imidazole rings is 1. The van der Waals surface area contributed by atoms with Gasteiger partial charge < -0.3 is 10.2 Å². The Morgan fingerprint density at radius 3 is 2.78 bits per heavy atom. The molecule has 1 aromatic heterocycles. The van der Waals surface area contributed by atoms with Crippen molar-refractivity contribution in [3.63, 3.8) is 0 Å². The van der Waals surface area contributed by atoms with Crippen molar-refractivity contribution in [2.24, 2.45) is 0 Å². The Balaban J connectivity index is 1.89. The van der Waals surface area contributed by atoms with Crippen LogP contribution in [0.4, 0.5) is 0 Å². The molecular formula is C17H18N2O3S. The summed E-state index contributed by atoms with van der Waals surface area (Å²) in [5.41, 5.74) is 1.50. The van der Waals surface area contributed by atoms with Gasteiger partial charge in [0.25, 0.3) is 0 Å². The highest BCUT2D eigenvalue weighted by molar-refractivity contribution is 8.00. The first-order chi connectivity index (χ1) is 11.1. The van der Waals surface area contributed by atoms with Crippen molar-refractivity contribution in [1.82, 2.24) is 9.55 Å². The quantitative estimate of drug-likeness (QED) is 0.904. The molecule has 5 nitrogen and oxygen atoms in total. The van der Waals surface area contributed by atoms with E-state index in [9.17, 15) is 15.0 Å². The third-order valence-electron chi connectivity index (χ3n) is 4.70. The zero-order valence-corrected chi connectivity index (χ0v) is 13.4. The van der Waals surface area contributed by atoms with Crippen molar-refractivity contribution in [3.8, 4) is 0 Å². The van der Waals surface area contributed by atoms with E-state index >= 15 is 0 Å². The van der Waals surface area contributed by atoms with Crippen LogP contribution in [-0.2, 0) is 23.4 Å². The van der Waals surface area contributed by atoms with Crippen LogP contribution in [-0.4, -0.2) is 31.0 Å². The number of aryl methyl sites for hydroxylation is 1. The maximum Gasteiger partial charge on any atom is 0.304 e. The Morgan fingerprint density at radius 1 is 1.30 bits per heavy atom. The predicted octanol–water partition coefficient (Wildman–Crippen LogP) is 2.40. The third-order valence-corrected chi connectivity index (χ3v) is 5.96. The molecule has 2 N–H and O–H groups in total. The second-order valence-corrected chi connectivity index (χ2v) is 7.30. The minimum atomic E-state index is -1.35. The van der Waals surface area contributed by atoms with Crippen LogP contribution in [0.2, 0.25) is 0 Å². The third kappa shape index (κ3) is 2.20. The first kappa shape index (κ1) is 14.8. The van der Waals surface area contributed by atoms with Crippen molar-refractivity contribution in [3.05, 3.63) is 47.3 Å². The average Bonchev–Trinajstić information content (AvgIpc) is 3.04. The monoisotopic (exact) mass is 330 g/mol. The lowest BCUT2D eigenvalue weighted by molar-refractivity contribution is -0.138. The molecule has 0 spiro atoms. The number of carbonyl (C=O) groups is 1. The fraction of sp³-hybridized carbons (Fsp3) is 0.412. The molecule has 6 heteroatoms. The highest BCUT2D eigenvalue weighted by Crippen LogP contribution is 2.49.